The Morgan fingerprint density at radius 2 is 1.88 bits per heavy atom. The van der Waals surface area contributed by atoms with Crippen molar-refractivity contribution in [1.82, 2.24) is 0 Å². The number of benzene rings is 1. The molecule has 0 spiro atoms. The van der Waals surface area contributed by atoms with E-state index in [1.54, 1.807) is 6.07 Å². The maximum absolute atomic E-state index is 11.6. The van der Waals surface area contributed by atoms with Crippen LogP contribution in [0.3, 0.4) is 0 Å². The van der Waals surface area contributed by atoms with Gasteiger partial charge in [0.25, 0.3) is 0 Å². The molecule has 0 atom stereocenters. The predicted molar refractivity (Wildman–Crippen MR) is 59.8 cm³/mol. The summed E-state index contributed by atoms with van der Waals surface area (Å²) < 4.78 is 5.08. The van der Waals surface area contributed by atoms with Gasteiger partial charge in [-0.2, -0.15) is 0 Å². The molecule has 0 saturated heterocycles. The molecule has 0 bridgehead atoms. The summed E-state index contributed by atoms with van der Waals surface area (Å²) in [5.74, 6) is 0.0358. The quantitative estimate of drug-likeness (QED) is 0.761. The lowest BCUT2D eigenvalue weighted by Gasteiger charge is -2.03. The van der Waals surface area contributed by atoms with Gasteiger partial charge < -0.3 is 14.6 Å². The summed E-state index contributed by atoms with van der Waals surface area (Å²) in [4.78, 5) is 11.6. The van der Waals surface area contributed by atoms with Gasteiger partial charge in [-0.1, -0.05) is 6.92 Å². The molecular formula is C12H12O4. The van der Waals surface area contributed by atoms with Crippen LogP contribution in [-0.2, 0) is 6.42 Å². The lowest BCUT2D eigenvalue weighted by Crippen LogP contribution is -2.01. The van der Waals surface area contributed by atoms with Gasteiger partial charge in [-0.3, -0.25) is 0 Å². The number of phenols is 2. The fourth-order valence-electron chi connectivity index (χ4n) is 1.64. The maximum Gasteiger partial charge on any atom is 0.343 e. The summed E-state index contributed by atoms with van der Waals surface area (Å²) in [5, 5.41) is 19.5. The van der Waals surface area contributed by atoms with E-state index in [1.807, 2.05) is 6.92 Å². The zero-order chi connectivity index (χ0) is 11.7. The molecule has 0 unspecified atom stereocenters. The lowest BCUT2D eigenvalue weighted by molar-refractivity contribution is 0.404. The maximum atomic E-state index is 11.6. The van der Waals surface area contributed by atoms with Crippen LogP contribution in [0, 0.1) is 0 Å². The van der Waals surface area contributed by atoms with E-state index in [9.17, 15) is 15.0 Å². The highest BCUT2D eigenvalue weighted by Crippen LogP contribution is 2.29. The molecule has 0 fully saturated rings. The molecule has 0 saturated carbocycles. The molecule has 0 amide bonds. The van der Waals surface area contributed by atoms with E-state index < -0.39 is 5.63 Å². The molecule has 0 aliphatic heterocycles. The van der Waals surface area contributed by atoms with Crippen molar-refractivity contribution in [2.75, 3.05) is 0 Å². The minimum absolute atomic E-state index is 0.236. The standard InChI is InChI=1S/C12H12O4/c1-2-3-8-4-7-5-10(13)11(14)6-9(7)12(15)16-8/h4-6,13-14H,2-3H2,1H3. The van der Waals surface area contributed by atoms with Crippen molar-refractivity contribution in [3.8, 4) is 11.5 Å². The van der Waals surface area contributed by atoms with Gasteiger partial charge in [0.2, 0.25) is 0 Å². The van der Waals surface area contributed by atoms with Crippen molar-refractivity contribution < 1.29 is 14.6 Å². The van der Waals surface area contributed by atoms with Crippen LogP contribution in [0.5, 0.6) is 11.5 Å². The van der Waals surface area contributed by atoms with Crippen LogP contribution in [-0.4, -0.2) is 10.2 Å². The average Bonchev–Trinajstić information content (AvgIpc) is 2.22. The summed E-state index contributed by atoms with van der Waals surface area (Å²) >= 11 is 0. The average molecular weight is 220 g/mol. The second-order valence-electron chi connectivity index (χ2n) is 3.68. The minimum Gasteiger partial charge on any atom is -0.504 e. The van der Waals surface area contributed by atoms with Gasteiger partial charge in [-0.15, -0.1) is 0 Å². The number of hydrogen-bond acceptors (Lipinski definition) is 4. The molecule has 0 radical (unpaired) electrons. The van der Waals surface area contributed by atoms with Crippen LogP contribution in [0.15, 0.2) is 27.4 Å². The van der Waals surface area contributed by atoms with E-state index in [1.165, 1.54) is 12.1 Å². The molecule has 2 aromatic rings. The molecule has 4 nitrogen and oxygen atoms in total. The highest BCUT2D eigenvalue weighted by Gasteiger charge is 2.08. The Hall–Kier alpha value is -1.97. The molecular weight excluding hydrogens is 208 g/mol. The van der Waals surface area contributed by atoms with Crippen LogP contribution < -0.4 is 5.63 Å². The van der Waals surface area contributed by atoms with Crippen molar-refractivity contribution in [3.05, 3.63) is 34.4 Å². The third kappa shape index (κ3) is 1.74. The van der Waals surface area contributed by atoms with Crippen LogP contribution in [0.4, 0.5) is 0 Å². The Kier molecular flexibility index (Phi) is 2.56. The molecule has 84 valence electrons. The molecule has 2 N–H and O–H groups in total. The van der Waals surface area contributed by atoms with Crippen LogP contribution in [0.2, 0.25) is 0 Å². The van der Waals surface area contributed by atoms with Crippen LogP contribution >= 0.6 is 0 Å². The van der Waals surface area contributed by atoms with E-state index in [0.29, 0.717) is 17.6 Å². The van der Waals surface area contributed by atoms with Gasteiger partial charge >= 0.3 is 5.63 Å². The van der Waals surface area contributed by atoms with Crippen LogP contribution in [0.1, 0.15) is 19.1 Å². The molecule has 0 aliphatic carbocycles. The van der Waals surface area contributed by atoms with Gasteiger partial charge in [0.1, 0.15) is 5.76 Å². The number of fused-ring (bicyclic) bond motifs is 1. The summed E-state index contributed by atoms with van der Waals surface area (Å²) in [6, 6.07) is 4.28. The molecule has 2 rings (SSSR count). The molecule has 16 heavy (non-hydrogen) atoms. The normalized spacial score (nSPS) is 10.8. The topological polar surface area (TPSA) is 70.7 Å². The molecule has 1 aromatic heterocycles. The second kappa shape index (κ2) is 3.89. The first-order valence-corrected chi connectivity index (χ1v) is 5.10. The zero-order valence-corrected chi connectivity index (χ0v) is 8.86. The summed E-state index contributed by atoms with van der Waals surface area (Å²) in [7, 11) is 0. The highest BCUT2D eigenvalue weighted by molar-refractivity contribution is 5.84. The first-order valence-electron chi connectivity index (χ1n) is 5.10. The van der Waals surface area contributed by atoms with E-state index in [4.69, 9.17) is 4.42 Å². The molecule has 4 heteroatoms. The number of aryl methyl sites for hydroxylation is 1. The van der Waals surface area contributed by atoms with E-state index in [2.05, 4.69) is 0 Å². The van der Waals surface area contributed by atoms with Gasteiger partial charge in [-0.25, -0.2) is 4.79 Å². The summed E-state index contributed by atoms with van der Waals surface area (Å²) in [6.07, 6.45) is 1.55. The Bertz CT molecular complexity index is 583. The second-order valence-corrected chi connectivity index (χ2v) is 3.68. The fourth-order valence-corrected chi connectivity index (χ4v) is 1.64. The number of aromatic hydroxyl groups is 2. The number of rotatable bonds is 2. The summed E-state index contributed by atoms with van der Waals surface area (Å²) in [5.41, 5.74) is -0.490. The first kappa shape index (κ1) is 10.5. The Morgan fingerprint density at radius 3 is 2.56 bits per heavy atom. The van der Waals surface area contributed by atoms with Gasteiger partial charge in [-0.05, 0) is 30.0 Å². The number of phenolic OH excluding ortho intramolecular Hbond substituents is 2. The van der Waals surface area contributed by atoms with Crippen molar-refractivity contribution in [3.63, 3.8) is 0 Å². The summed E-state index contributed by atoms with van der Waals surface area (Å²) in [6.45, 7) is 1.98. The van der Waals surface area contributed by atoms with E-state index >= 15 is 0 Å². The third-order valence-corrected chi connectivity index (χ3v) is 2.40. The smallest absolute Gasteiger partial charge is 0.343 e. The highest BCUT2D eigenvalue weighted by atomic mass is 16.4. The van der Waals surface area contributed by atoms with Gasteiger partial charge in [0.05, 0.1) is 5.39 Å². The fraction of sp³-hybridized carbons (Fsp3) is 0.250. The molecule has 1 aromatic carbocycles. The number of hydrogen-bond donors (Lipinski definition) is 2. The van der Waals surface area contributed by atoms with Crippen molar-refractivity contribution >= 4 is 10.8 Å². The first-order chi connectivity index (χ1) is 7.61. The predicted octanol–water partition coefficient (Wildman–Crippen LogP) is 2.16. The van der Waals surface area contributed by atoms with Gasteiger partial charge in [0.15, 0.2) is 11.5 Å². The Morgan fingerprint density at radius 1 is 1.19 bits per heavy atom. The van der Waals surface area contributed by atoms with Crippen molar-refractivity contribution in [2.45, 2.75) is 19.8 Å². The van der Waals surface area contributed by atoms with E-state index in [0.717, 1.165) is 6.42 Å². The minimum atomic E-state index is -0.490. The van der Waals surface area contributed by atoms with Gasteiger partial charge in [0, 0.05) is 6.42 Å². The lowest BCUT2D eigenvalue weighted by atomic mass is 10.1. The molecule has 0 aliphatic rings. The Labute approximate surface area is 91.8 Å². The molecule has 1 heterocycles. The SMILES string of the molecule is CCCc1cc2cc(O)c(O)cc2c(=O)o1. The Balaban J connectivity index is 2.72. The van der Waals surface area contributed by atoms with Crippen LogP contribution in [0.25, 0.3) is 10.8 Å². The largest absolute Gasteiger partial charge is 0.504 e. The zero-order valence-electron chi connectivity index (χ0n) is 8.86. The monoisotopic (exact) mass is 220 g/mol. The third-order valence-electron chi connectivity index (χ3n) is 2.40. The van der Waals surface area contributed by atoms with Crippen molar-refractivity contribution in [1.29, 1.82) is 0 Å². The van der Waals surface area contributed by atoms with Crippen molar-refractivity contribution in [2.24, 2.45) is 0 Å². The van der Waals surface area contributed by atoms with E-state index in [-0.39, 0.29) is 16.9 Å².